The van der Waals surface area contributed by atoms with Gasteiger partial charge in [-0.3, -0.25) is 0 Å². The van der Waals surface area contributed by atoms with Crippen molar-refractivity contribution in [2.75, 3.05) is 24.6 Å². The molecule has 248 valence electrons. The maximum absolute atomic E-state index is 7.31. The minimum atomic E-state index is -0.145. The van der Waals surface area contributed by atoms with Crippen LogP contribution >= 0.6 is 43.5 Å². The predicted molar refractivity (Wildman–Crippen MR) is 207 cm³/mol. The first kappa shape index (κ1) is 35.9. The van der Waals surface area contributed by atoms with Crippen LogP contribution in [0.2, 0.25) is 0 Å². The van der Waals surface area contributed by atoms with Crippen molar-refractivity contribution in [1.29, 1.82) is 0 Å². The van der Waals surface area contributed by atoms with Crippen molar-refractivity contribution in [3.05, 3.63) is 103 Å². The highest BCUT2D eigenvalue weighted by molar-refractivity contribution is 9.10. The van der Waals surface area contributed by atoms with Gasteiger partial charge in [-0.1, -0.05) is 102 Å². The monoisotopic (exact) mass is 777 g/mol. The molecule has 47 heavy (non-hydrogen) atoms. The number of anilines is 1. The molecule has 5 rings (SSSR count). The number of ether oxygens (including phenoxy) is 1. The van der Waals surface area contributed by atoms with Crippen LogP contribution in [0, 0.1) is 12.3 Å². The summed E-state index contributed by atoms with van der Waals surface area (Å²) < 4.78 is 10.9. The second-order valence-electron chi connectivity index (χ2n) is 13.9. The molecule has 0 spiro atoms. The second kappa shape index (κ2) is 15.0. The van der Waals surface area contributed by atoms with Gasteiger partial charge in [-0.15, -0.1) is 6.42 Å². The van der Waals surface area contributed by atoms with E-state index in [1.165, 1.54) is 33.9 Å². The van der Waals surface area contributed by atoms with Crippen LogP contribution in [0.1, 0.15) is 91.2 Å². The van der Waals surface area contributed by atoms with Gasteiger partial charge >= 0.3 is 0 Å². The molecule has 3 aliphatic rings. The van der Waals surface area contributed by atoms with Gasteiger partial charge in [0.1, 0.15) is 13.2 Å². The standard InChI is InChI=1S/C41H48Br2ClN2O/c1-8-11-21-45-35-17-15-30(42)26-33(35)40(4,5)37(45)19-13-28-24-32(47-23-10-3)25-29(39(28)44)14-20-38-41(6,7)34-27-31(43)16-18-36(34)46(38)22-12-9-2/h3,13-20,26-27,32H,8-9,11-12,21-25H2,1-2,4-7H3/q+1. The lowest BCUT2D eigenvalue weighted by Crippen LogP contribution is -2.28. The first-order chi connectivity index (χ1) is 22.4. The molecular formula is C41H48Br2ClN2O+. The van der Waals surface area contributed by atoms with Gasteiger partial charge in [0.05, 0.1) is 11.5 Å². The third-order valence-electron chi connectivity index (χ3n) is 9.92. The summed E-state index contributed by atoms with van der Waals surface area (Å²) in [5.41, 5.74) is 9.72. The van der Waals surface area contributed by atoms with Crippen molar-refractivity contribution in [3.8, 4) is 12.3 Å². The van der Waals surface area contributed by atoms with E-state index >= 15 is 0 Å². The van der Waals surface area contributed by atoms with E-state index in [0.29, 0.717) is 0 Å². The Morgan fingerprint density at radius 3 is 2.36 bits per heavy atom. The highest BCUT2D eigenvalue weighted by Crippen LogP contribution is 2.49. The molecule has 6 heteroatoms. The fourth-order valence-corrected chi connectivity index (χ4v) is 8.29. The summed E-state index contributed by atoms with van der Waals surface area (Å²) >= 11 is 14.7. The molecule has 0 saturated carbocycles. The van der Waals surface area contributed by atoms with E-state index in [9.17, 15) is 0 Å². The highest BCUT2D eigenvalue weighted by Gasteiger charge is 2.44. The number of halogens is 3. The van der Waals surface area contributed by atoms with E-state index in [4.69, 9.17) is 22.8 Å². The van der Waals surface area contributed by atoms with Gasteiger partial charge in [0.15, 0.2) is 5.71 Å². The van der Waals surface area contributed by atoms with Gasteiger partial charge in [-0.2, -0.15) is 4.58 Å². The maximum Gasteiger partial charge on any atom is 0.209 e. The summed E-state index contributed by atoms with van der Waals surface area (Å²) in [4.78, 5) is 2.50. The first-order valence-electron chi connectivity index (χ1n) is 17.0. The van der Waals surface area contributed by atoms with Crippen molar-refractivity contribution in [1.82, 2.24) is 0 Å². The molecule has 0 aromatic heterocycles. The molecule has 0 bridgehead atoms. The normalized spacial score (nSPS) is 21.7. The fraction of sp³-hybridized carbons (Fsp3) is 0.439. The molecule has 3 nitrogen and oxygen atoms in total. The second-order valence-corrected chi connectivity index (χ2v) is 16.1. The largest absolute Gasteiger partial charge is 0.365 e. The van der Waals surface area contributed by atoms with Crippen LogP contribution in [-0.4, -0.2) is 36.1 Å². The number of fused-ring (bicyclic) bond motifs is 2. The zero-order chi connectivity index (χ0) is 33.9. The molecule has 1 atom stereocenters. The van der Waals surface area contributed by atoms with Gasteiger partial charge in [0, 0.05) is 74.3 Å². The topological polar surface area (TPSA) is 15.5 Å². The van der Waals surface area contributed by atoms with E-state index < -0.39 is 0 Å². The molecular weight excluding hydrogens is 732 g/mol. The molecule has 2 heterocycles. The first-order valence-corrected chi connectivity index (χ1v) is 19.0. The van der Waals surface area contributed by atoms with Crippen LogP contribution in [0.15, 0.2) is 91.5 Å². The van der Waals surface area contributed by atoms with Crippen LogP contribution in [0.25, 0.3) is 0 Å². The Labute approximate surface area is 304 Å². The minimum Gasteiger partial charge on any atom is -0.365 e. The van der Waals surface area contributed by atoms with Gasteiger partial charge in [-0.25, -0.2) is 0 Å². The Bertz CT molecular complexity index is 1720. The number of hydrogen-bond acceptors (Lipinski definition) is 2. The molecule has 0 N–H and O–H groups in total. The van der Waals surface area contributed by atoms with Crippen LogP contribution in [0.3, 0.4) is 0 Å². The van der Waals surface area contributed by atoms with Crippen molar-refractivity contribution in [2.24, 2.45) is 0 Å². The summed E-state index contributed by atoms with van der Waals surface area (Å²) in [7, 11) is 0. The quantitative estimate of drug-likeness (QED) is 0.167. The van der Waals surface area contributed by atoms with E-state index in [-0.39, 0.29) is 23.5 Å². The third-order valence-corrected chi connectivity index (χ3v) is 11.4. The van der Waals surface area contributed by atoms with Crippen molar-refractivity contribution >= 4 is 60.5 Å². The Morgan fingerprint density at radius 1 is 0.957 bits per heavy atom. The number of hydrogen-bond donors (Lipinski definition) is 0. The van der Waals surface area contributed by atoms with E-state index in [0.717, 1.165) is 76.7 Å². The van der Waals surface area contributed by atoms with Crippen molar-refractivity contribution in [3.63, 3.8) is 0 Å². The molecule has 1 unspecified atom stereocenters. The number of nitrogens with zero attached hydrogens (tertiary/aromatic N) is 2. The summed E-state index contributed by atoms with van der Waals surface area (Å²) in [6.07, 6.45) is 20.6. The number of rotatable bonds is 11. The Morgan fingerprint density at radius 2 is 1.66 bits per heavy atom. The summed E-state index contributed by atoms with van der Waals surface area (Å²) in [5.74, 6) is 2.67. The smallest absolute Gasteiger partial charge is 0.209 e. The average molecular weight is 780 g/mol. The molecule has 0 amide bonds. The third kappa shape index (κ3) is 7.32. The van der Waals surface area contributed by atoms with E-state index in [1.54, 1.807) is 0 Å². The van der Waals surface area contributed by atoms with Gasteiger partial charge in [0.2, 0.25) is 5.69 Å². The minimum absolute atomic E-state index is 0.0373. The van der Waals surface area contributed by atoms with Gasteiger partial charge in [0.25, 0.3) is 0 Å². The predicted octanol–water partition coefficient (Wildman–Crippen LogP) is 11.7. The SMILES string of the molecule is C#CCOC1CC(/C=C/C2=[N+](CCCC)c3ccc(Br)cc3C2(C)C)=C(Cl)C(=C/C=C2/N(CCCC)c3ccc(Br)cc3C2(C)C)/C1. The lowest BCUT2D eigenvalue weighted by atomic mass is 9.81. The lowest BCUT2D eigenvalue weighted by Gasteiger charge is -2.28. The zero-order valence-electron chi connectivity index (χ0n) is 28.7. The maximum atomic E-state index is 7.31. The van der Waals surface area contributed by atoms with Crippen LogP contribution in [-0.2, 0) is 15.6 Å². The number of unbranched alkanes of at least 4 members (excludes halogenated alkanes) is 2. The van der Waals surface area contributed by atoms with Crippen LogP contribution in [0.5, 0.6) is 0 Å². The fourth-order valence-electron chi connectivity index (χ4n) is 7.28. The lowest BCUT2D eigenvalue weighted by molar-refractivity contribution is -0.438. The van der Waals surface area contributed by atoms with Gasteiger partial charge in [-0.05, 0) is 73.4 Å². The summed E-state index contributed by atoms with van der Waals surface area (Å²) in [6, 6.07) is 13.3. The van der Waals surface area contributed by atoms with Crippen LogP contribution < -0.4 is 4.90 Å². The number of benzene rings is 2. The number of terminal acetylenes is 1. The average Bonchev–Trinajstić information content (AvgIpc) is 3.37. The molecule has 2 aromatic rings. The highest BCUT2D eigenvalue weighted by atomic mass is 79.9. The molecule has 0 fully saturated rings. The summed E-state index contributed by atoms with van der Waals surface area (Å²) in [5, 5.41) is 0.812. The van der Waals surface area contributed by atoms with E-state index in [1.807, 2.05) is 0 Å². The Hall–Kier alpha value is -2.36. The zero-order valence-corrected chi connectivity index (χ0v) is 32.7. The van der Waals surface area contributed by atoms with Crippen LogP contribution in [0.4, 0.5) is 11.4 Å². The van der Waals surface area contributed by atoms with Gasteiger partial charge < -0.3 is 9.64 Å². The number of allylic oxidation sites excluding steroid dienone is 6. The molecule has 0 saturated heterocycles. The Balaban J connectivity index is 1.56. The van der Waals surface area contributed by atoms with Crippen molar-refractivity contribution < 1.29 is 9.31 Å². The molecule has 0 radical (unpaired) electrons. The molecule has 2 aromatic carbocycles. The molecule has 1 aliphatic carbocycles. The van der Waals surface area contributed by atoms with E-state index in [2.05, 4.69) is 150 Å². The Kier molecular flexibility index (Phi) is 11.5. The summed E-state index contributed by atoms with van der Waals surface area (Å²) in [6.45, 7) is 16.0. The van der Waals surface area contributed by atoms with Crippen molar-refractivity contribution in [2.45, 2.75) is 97.0 Å². The molecule has 2 aliphatic heterocycles.